The number of hydrogen-bond acceptors (Lipinski definition) is 2. The van der Waals surface area contributed by atoms with E-state index < -0.39 is 6.09 Å². The van der Waals surface area contributed by atoms with Crippen LogP contribution in [0.25, 0.3) is 0 Å². The van der Waals surface area contributed by atoms with E-state index in [4.69, 9.17) is 4.74 Å². The summed E-state index contributed by atoms with van der Waals surface area (Å²) in [5, 5.41) is 2.62. The first-order valence-corrected chi connectivity index (χ1v) is 7.72. The lowest BCUT2D eigenvalue weighted by Crippen LogP contribution is -2.21. The molecular weight excluding hydrogens is 262 g/mol. The molecule has 1 aromatic carbocycles. The third kappa shape index (κ3) is 6.03. The fourth-order valence-corrected chi connectivity index (χ4v) is 1.89. The number of allylic oxidation sites excluding steroid dienone is 1. The van der Waals surface area contributed by atoms with E-state index in [0.29, 0.717) is 17.6 Å². The Labute approximate surface area is 128 Å². The fourth-order valence-electron chi connectivity index (χ4n) is 1.89. The second-order valence-corrected chi connectivity index (χ2v) is 5.87. The number of ether oxygens (including phenoxy) is 1. The van der Waals surface area contributed by atoms with Crippen LogP contribution in [0.3, 0.4) is 0 Å². The molecule has 0 fully saturated rings. The van der Waals surface area contributed by atoms with Crippen LogP contribution in [0, 0.1) is 0 Å². The Morgan fingerprint density at radius 3 is 2.19 bits per heavy atom. The van der Waals surface area contributed by atoms with E-state index in [1.165, 1.54) is 11.1 Å². The van der Waals surface area contributed by atoms with Crippen LogP contribution in [0.15, 0.2) is 30.5 Å². The molecule has 1 amide bonds. The first-order chi connectivity index (χ1) is 9.93. The number of benzene rings is 1. The van der Waals surface area contributed by atoms with Crippen LogP contribution in [0.5, 0.6) is 5.75 Å². The lowest BCUT2D eigenvalue weighted by atomic mass is 9.95. The summed E-state index contributed by atoms with van der Waals surface area (Å²) in [4.78, 5) is 11.8. The smallest absolute Gasteiger partial charge is 0.410 e. The highest BCUT2D eigenvalue weighted by atomic mass is 16.5. The normalized spacial score (nSPS) is 11.4. The molecule has 3 nitrogen and oxygen atoms in total. The summed E-state index contributed by atoms with van der Waals surface area (Å²) in [7, 11) is 0. The molecular formula is C18H27NO2. The zero-order chi connectivity index (χ0) is 15.8. The zero-order valence-corrected chi connectivity index (χ0v) is 13.8. The van der Waals surface area contributed by atoms with Crippen LogP contribution in [0.1, 0.15) is 70.4 Å². The molecule has 0 aliphatic rings. The highest BCUT2D eigenvalue weighted by molar-refractivity contribution is 5.71. The Balaban J connectivity index is 2.79. The summed E-state index contributed by atoms with van der Waals surface area (Å²) in [6.07, 6.45) is 5.12. The minimum atomic E-state index is -0.446. The standard InChI is InChI=1S/C18H27NO2/c1-6-7-8-9-19-18(20)21-17-11-15(13(2)3)10-16(12-17)14(4)5/h8-14H,6-7H2,1-5H3,(H,19,20). The lowest BCUT2D eigenvalue weighted by Gasteiger charge is -2.14. The maximum Gasteiger partial charge on any atom is 0.416 e. The molecule has 0 atom stereocenters. The summed E-state index contributed by atoms with van der Waals surface area (Å²) in [5.41, 5.74) is 2.37. The van der Waals surface area contributed by atoms with Crippen molar-refractivity contribution in [3.63, 3.8) is 0 Å². The molecule has 1 aromatic rings. The number of carbonyl (C=O) groups excluding carboxylic acids is 1. The van der Waals surface area contributed by atoms with Gasteiger partial charge in [-0.1, -0.05) is 53.2 Å². The van der Waals surface area contributed by atoms with Gasteiger partial charge < -0.3 is 4.74 Å². The number of rotatable bonds is 6. The number of carbonyl (C=O) groups is 1. The summed E-state index contributed by atoms with van der Waals surface area (Å²) in [5.74, 6) is 1.41. The van der Waals surface area contributed by atoms with Crippen molar-refractivity contribution in [2.24, 2.45) is 0 Å². The van der Waals surface area contributed by atoms with Crippen molar-refractivity contribution < 1.29 is 9.53 Å². The van der Waals surface area contributed by atoms with Gasteiger partial charge in [-0.15, -0.1) is 0 Å². The van der Waals surface area contributed by atoms with Crippen molar-refractivity contribution in [1.82, 2.24) is 5.32 Å². The summed E-state index contributed by atoms with van der Waals surface area (Å²) in [6.45, 7) is 10.6. The molecule has 0 aromatic heterocycles. The van der Waals surface area contributed by atoms with E-state index in [1.54, 1.807) is 6.20 Å². The van der Waals surface area contributed by atoms with E-state index in [9.17, 15) is 4.79 Å². The van der Waals surface area contributed by atoms with E-state index in [1.807, 2.05) is 18.2 Å². The molecule has 0 spiro atoms. The monoisotopic (exact) mass is 289 g/mol. The van der Waals surface area contributed by atoms with Gasteiger partial charge in [-0.25, -0.2) is 4.79 Å². The van der Waals surface area contributed by atoms with Crippen molar-refractivity contribution in [2.75, 3.05) is 0 Å². The van der Waals surface area contributed by atoms with Crippen molar-refractivity contribution >= 4 is 6.09 Å². The van der Waals surface area contributed by atoms with Crippen molar-refractivity contribution in [1.29, 1.82) is 0 Å². The molecule has 116 valence electrons. The average Bonchev–Trinajstić information content (AvgIpc) is 2.43. The largest absolute Gasteiger partial charge is 0.416 e. The predicted molar refractivity (Wildman–Crippen MR) is 87.8 cm³/mol. The fraction of sp³-hybridized carbons (Fsp3) is 0.500. The molecule has 0 bridgehead atoms. The van der Waals surface area contributed by atoms with Crippen molar-refractivity contribution in [2.45, 2.75) is 59.3 Å². The molecule has 0 saturated heterocycles. The number of nitrogens with one attached hydrogen (secondary N) is 1. The second-order valence-electron chi connectivity index (χ2n) is 5.87. The lowest BCUT2D eigenvalue weighted by molar-refractivity contribution is 0.204. The van der Waals surface area contributed by atoms with E-state index >= 15 is 0 Å². The molecule has 0 radical (unpaired) electrons. The van der Waals surface area contributed by atoms with E-state index in [-0.39, 0.29) is 0 Å². The minimum Gasteiger partial charge on any atom is -0.410 e. The average molecular weight is 289 g/mol. The maximum atomic E-state index is 11.8. The SMILES string of the molecule is CCCC=CNC(=O)Oc1cc(C(C)C)cc(C(C)C)c1. The molecule has 3 heteroatoms. The first kappa shape index (κ1) is 17.3. The van der Waals surface area contributed by atoms with Gasteiger partial charge in [0, 0.05) is 6.20 Å². The Kier molecular flexibility index (Phi) is 7.00. The molecule has 0 heterocycles. The van der Waals surface area contributed by atoms with Gasteiger partial charge in [0.2, 0.25) is 0 Å². The van der Waals surface area contributed by atoms with Crippen LogP contribution in [0.4, 0.5) is 4.79 Å². The van der Waals surface area contributed by atoms with E-state index in [0.717, 1.165) is 12.8 Å². The molecule has 0 unspecified atom stereocenters. The number of unbranched alkanes of at least 4 members (excludes halogenated alkanes) is 1. The molecule has 1 N–H and O–H groups in total. The molecule has 0 saturated carbocycles. The second kappa shape index (κ2) is 8.50. The highest BCUT2D eigenvalue weighted by Crippen LogP contribution is 2.27. The molecule has 0 aliphatic heterocycles. The van der Waals surface area contributed by atoms with Crippen LogP contribution in [-0.2, 0) is 0 Å². The molecule has 0 aliphatic carbocycles. The van der Waals surface area contributed by atoms with Gasteiger partial charge in [0.25, 0.3) is 0 Å². The van der Waals surface area contributed by atoms with Gasteiger partial charge in [-0.05, 0) is 41.5 Å². The van der Waals surface area contributed by atoms with Gasteiger partial charge in [0.05, 0.1) is 0 Å². The van der Waals surface area contributed by atoms with Crippen LogP contribution in [0.2, 0.25) is 0 Å². The van der Waals surface area contributed by atoms with Gasteiger partial charge in [0.15, 0.2) is 0 Å². The third-order valence-electron chi connectivity index (χ3n) is 3.27. The van der Waals surface area contributed by atoms with E-state index in [2.05, 4.69) is 46.0 Å². The quantitative estimate of drug-likeness (QED) is 0.768. The van der Waals surface area contributed by atoms with Gasteiger partial charge in [-0.3, -0.25) is 5.32 Å². The third-order valence-corrected chi connectivity index (χ3v) is 3.27. The Hall–Kier alpha value is -1.77. The Morgan fingerprint density at radius 1 is 1.14 bits per heavy atom. The van der Waals surface area contributed by atoms with Crippen LogP contribution in [-0.4, -0.2) is 6.09 Å². The topological polar surface area (TPSA) is 38.3 Å². The molecule has 21 heavy (non-hydrogen) atoms. The first-order valence-electron chi connectivity index (χ1n) is 7.72. The van der Waals surface area contributed by atoms with Crippen LogP contribution < -0.4 is 10.1 Å². The van der Waals surface area contributed by atoms with Crippen LogP contribution >= 0.6 is 0 Å². The molecule has 1 rings (SSSR count). The predicted octanol–water partition coefficient (Wildman–Crippen LogP) is 5.34. The summed E-state index contributed by atoms with van der Waals surface area (Å²) in [6, 6.07) is 6.05. The Morgan fingerprint density at radius 2 is 1.71 bits per heavy atom. The van der Waals surface area contributed by atoms with Gasteiger partial charge in [0.1, 0.15) is 5.75 Å². The highest BCUT2D eigenvalue weighted by Gasteiger charge is 2.10. The Bertz CT molecular complexity index is 464. The minimum absolute atomic E-state index is 0.401. The van der Waals surface area contributed by atoms with Gasteiger partial charge in [-0.2, -0.15) is 0 Å². The van der Waals surface area contributed by atoms with Crippen molar-refractivity contribution in [3.05, 3.63) is 41.6 Å². The summed E-state index contributed by atoms with van der Waals surface area (Å²) < 4.78 is 5.37. The summed E-state index contributed by atoms with van der Waals surface area (Å²) >= 11 is 0. The number of amides is 1. The zero-order valence-electron chi connectivity index (χ0n) is 13.8. The van der Waals surface area contributed by atoms with Gasteiger partial charge >= 0.3 is 6.09 Å². The number of hydrogen-bond donors (Lipinski definition) is 1. The maximum absolute atomic E-state index is 11.8. The van der Waals surface area contributed by atoms with Crippen molar-refractivity contribution in [3.8, 4) is 5.75 Å².